The van der Waals surface area contributed by atoms with E-state index in [1.165, 1.54) is 0 Å². The highest BCUT2D eigenvalue weighted by atomic mass is 16.5. The first kappa shape index (κ1) is 25.5. The van der Waals surface area contributed by atoms with Gasteiger partial charge in [0.15, 0.2) is 0 Å². The van der Waals surface area contributed by atoms with Gasteiger partial charge in [0.25, 0.3) is 0 Å². The van der Waals surface area contributed by atoms with Crippen molar-refractivity contribution < 1.29 is 24.5 Å². The minimum Gasteiger partial charge on any atom is -0.478 e. The van der Waals surface area contributed by atoms with E-state index >= 15 is 0 Å². The lowest BCUT2D eigenvalue weighted by Crippen LogP contribution is -2.43. The largest absolute Gasteiger partial charge is 0.478 e. The number of hydrogen-bond donors (Lipinski definition) is 2. The minimum absolute atomic E-state index is 0.114. The van der Waals surface area contributed by atoms with Crippen LogP contribution in [0.5, 0.6) is 5.88 Å². The molecule has 9 nitrogen and oxygen atoms in total. The zero-order chi connectivity index (χ0) is 26.8. The van der Waals surface area contributed by atoms with Crippen molar-refractivity contribution in [1.29, 1.82) is 0 Å². The average molecular weight is 529 g/mol. The number of carboxylic acid groups (broad SMARTS) is 1. The van der Waals surface area contributed by atoms with Crippen LogP contribution in [0, 0.1) is 0 Å². The van der Waals surface area contributed by atoms with Gasteiger partial charge in [-0.25, -0.2) is 14.8 Å². The molecule has 6 rings (SSSR count). The van der Waals surface area contributed by atoms with Crippen LogP contribution in [-0.4, -0.2) is 61.4 Å². The SMILES string of the molecule is O=C(O)c1ccc2nc(CN3CCC(O)(c4cccc(OCc5ccccc5)n4)CC3)n(C[C@@H]3CCO3)c2c1. The molecular formula is C30H32N4O5. The van der Waals surface area contributed by atoms with Crippen LogP contribution in [0.1, 0.15) is 46.7 Å². The number of imidazole rings is 1. The number of hydrogen-bond acceptors (Lipinski definition) is 7. The van der Waals surface area contributed by atoms with E-state index in [-0.39, 0.29) is 11.7 Å². The first-order chi connectivity index (χ1) is 19.0. The monoisotopic (exact) mass is 528 g/mol. The van der Waals surface area contributed by atoms with Gasteiger partial charge in [-0.05, 0) is 49.1 Å². The van der Waals surface area contributed by atoms with Gasteiger partial charge in [0, 0.05) is 25.8 Å². The van der Waals surface area contributed by atoms with Crippen LogP contribution in [0.25, 0.3) is 11.0 Å². The van der Waals surface area contributed by atoms with Crippen molar-refractivity contribution in [2.75, 3.05) is 19.7 Å². The van der Waals surface area contributed by atoms with Gasteiger partial charge in [-0.3, -0.25) is 4.90 Å². The fraction of sp³-hybridized carbons (Fsp3) is 0.367. The maximum atomic E-state index is 11.6. The quantitative estimate of drug-likeness (QED) is 0.336. The van der Waals surface area contributed by atoms with Crippen LogP contribution in [0.3, 0.4) is 0 Å². The molecule has 2 aromatic heterocycles. The number of rotatable bonds is 9. The molecule has 2 aliphatic rings. The number of aromatic nitrogens is 3. The number of likely N-dealkylation sites (tertiary alicyclic amines) is 1. The lowest BCUT2D eigenvalue weighted by Gasteiger charge is -2.38. The number of carboxylic acids is 1. The predicted octanol–water partition coefficient (Wildman–Crippen LogP) is 3.98. The number of nitrogens with zero attached hydrogens (tertiary/aromatic N) is 4. The molecule has 9 heteroatoms. The summed E-state index contributed by atoms with van der Waals surface area (Å²) < 4.78 is 13.7. The number of benzene rings is 2. The lowest BCUT2D eigenvalue weighted by molar-refractivity contribution is -0.0595. The average Bonchev–Trinajstić information content (AvgIpc) is 3.27. The Morgan fingerprint density at radius 3 is 2.56 bits per heavy atom. The molecule has 0 unspecified atom stereocenters. The molecule has 0 saturated carbocycles. The van der Waals surface area contributed by atoms with E-state index in [9.17, 15) is 15.0 Å². The summed E-state index contributed by atoms with van der Waals surface area (Å²) in [5.74, 6) is 0.423. The highest BCUT2D eigenvalue weighted by Crippen LogP contribution is 2.33. The number of ether oxygens (including phenoxy) is 2. The Balaban J connectivity index is 1.14. The Hall–Kier alpha value is -3.79. The molecule has 2 fully saturated rings. The van der Waals surface area contributed by atoms with Crippen molar-refractivity contribution in [3.8, 4) is 5.88 Å². The Morgan fingerprint density at radius 1 is 1.05 bits per heavy atom. The zero-order valence-electron chi connectivity index (χ0n) is 21.7. The Labute approximate surface area is 226 Å². The molecule has 1 atom stereocenters. The van der Waals surface area contributed by atoms with Crippen LogP contribution >= 0.6 is 0 Å². The van der Waals surface area contributed by atoms with Gasteiger partial charge >= 0.3 is 5.97 Å². The number of aromatic carboxylic acids is 1. The van der Waals surface area contributed by atoms with Crippen LogP contribution in [0.4, 0.5) is 0 Å². The van der Waals surface area contributed by atoms with E-state index in [0.29, 0.717) is 57.2 Å². The fourth-order valence-corrected chi connectivity index (χ4v) is 5.29. The van der Waals surface area contributed by atoms with Crippen molar-refractivity contribution in [3.63, 3.8) is 0 Å². The summed E-state index contributed by atoms with van der Waals surface area (Å²) >= 11 is 0. The molecule has 202 valence electrons. The number of aliphatic hydroxyl groups is 1. The molecule has 0 spiro atoms. The molecule has 2 saturated heterocycles. The van der Waals surface area contributed by atoms with Crippen molar-refractivity contribution in [2.45, 2.75) is 50.7 Å². The Kier molecular flexibility index (Phi) is 7.03. The van der Waals surface area contributed by atoms with Gasteiger partial charge in [0.2, 0.25) is 5.88 Å². The summed E-state index contributed by atoms with van der Waals surface area (Å²) in [6, 6.07) is 20.6. The molecular weight excluding hydrogens is 496 g/mol. The number of carbonyl (C=O) groups is 1. The van der Waals surface area contributed by atoms with E-state index < -0.39 is 11.6 Å². The predicted molar refractivity (Wildman–Crippen MR) is 144 cm³/mol. The van der Waals surface area contributed by atoms with Gasteiger partial charge < -0.3 is 24.3 Å². The summed E-state index contributed by atoms with van der Waals surface area (Å²) in [5, 5.41) is 21.0. The van der Waals surface area contributed by atoms with Gasteiger partial charge in [-0.2, -0.15) is 0 Å². The van der Waals surface area contributed by atoms with Crippen molar-refractivity contribution in [3.05, 3.63) is 89.4 Å². The summed E-state index contributed by atoms with van der Waals surface area (Å²) in [6.45, 7) is 3.78. The molecule has 0 amide bonds. The lowest BCUT2D eigenvalue weighted by atomic mass is 9.87. The zero-order valence-corrected chi connectivity index (χ0v) is 21.7. The molecule has 0 radical (unpaired) electrons. The van der Waals surface area contributed by atoms with Gasteiger partial charge in [-0.15, -0.1) is 0 Å². The second-order valence-electron chi connectivity index (χ2n) is 10.4. The van der Waals surface area contributed by atoms with Gasteiger partial charge in [-0.1, -0.05) is 36.4 Å². The molecule has 0 aliphatic carbocycles. The van der Waals surface area contributed by atoms with Gasteiger partial charge in [0.1, 0.15) is 18.0 Å². The van der Waals surface area contributed by atoms with E-state index in [0.717, 1.165) is 35.4 Å². The fourth-order valence-electron chi connectivity index (χ4n) is 5.29. The van der Waals surface area contributed by atoms with Crippen LogP contribution in [-0.2, 0) is 30.0 Å². The van der Waals surface area contributed by atoms with E-state index in [1.54, 1.807) is 18.2 Å². The highest BCUT2D eigenvalue weighted by Gasteiger charge is 2.36. The second-order valence-corrected chi connectivity index (χ2v) is 10.4. The minimum atomic E-state index is -1.03. The molecule has 4 aromatic rings. The number of pyridine rings is 1. The molecule has 4 heterocycles. The maximum absolute atomic E-state index is 11.6. The third-order valence-electron chi connectivity index (χ3n) is 7.73. The topological polar surface area (TPSA) is 110 Å². The van der Waals surface area contributed by atoms with Crippen molar-refractivity contribution in [1.82, 2.24) is 19.4 Å². The summed E-state index contributed by atoms with van der Waals surface area (Å²) in [7, 11) is 0. The number of fused-ring (bicyclic) bond motifs is 1. The van der Waals surface area contributed by atoms with Gasteiger partial charge in [0.05, 0.1) is 41.5 Å². The number of piperidine rings is 1. The smallest absolute Gasteiger partial charge is 0.335 e. The molecule has 2 N–H and O–H groups in total. The summed E-state index contributed by atoms with van der Waals surface area (Å²) in [5.41, 5.74) is 2.49. The van der Waals surface area contributed by atoms with Crippen LogP contribution in [0.15, 0.2) is 66.7 Å². The third kappa shape index (κ3) is 5.52. The van der Waals surface area contributed by atoms with E-state index in [1.807, 2.05) is 48.5 Å². The maximum Gasteiger partial charge on any atom is 0.335 e. The van der Waals surface area contributed by atoms with Crippen molar-refractivity contribution >= 4 is 17.0 Å². The normalized spacial score (nSPS) is 19.1. The van der Waals surface area contributed by atoms with Crippen LogP contribution in [0.2, 0.25) is 0 Å². The second kappa shape index (κ2) is 10.8. The van der Waals surface area contributed by atoms with Crippen LogP contribution < -0.4 is 4.74 Å². The highest BCUT2D eigenvalue weighted by molar-refractivity contribution is 5.92. The molecule has 0 bridgehead atoms. The molecule has 2 aromatic carbocycles. The first-order valence-electron chi connectivity index (χ1n) is 13.4. The molecule has 2 aliphatic heterocycles. The summed E-state index contributed by atoms with van der Waals surface area (Å²) in [4.78, 5) is 23.3. The standard InChI is InChI=1S/C30H32N4O5/c35-29(36)22-9-10-24-25(17-22)34(18-23-11-16-38-23)27(31-24)19-33-14-12-30(37,13-15-33)26-7-4-8-28(32-26)39-20-21-5-2-1-3-6-21/h1-10,17,23,37H,11-16,18-20H2,(H,35,36)/t23-/m0/s1. The Bertz CT molecular complexity index is 1460. The Morgan fingerprint density at radius 2 is 1.85 bits per heavy atom. The van der Waals surface area contributed by atoms with Crippen molar-refractivity contribution in [2.24, 2.45) is 0 Å². The summed E-state index contributed by atoms with van der Waals surface area (Å²) in [6.07, 6.45) is 2.17. The van der Waals surface area contributed by atoms with E-state index in [2.05, 4.69) is 14.5 Å². The first-order valence-corrected chi connectivity index (χ1v) is 13.4. The third-order valence-corrected chi connectivity index (χ3v) is 7.73. The van der Waals surface area contributed by atoms with E-state index in [4.69, 9.17) is 14.5 Å². The molecule has 39 heavy (non-hydrogen) atoms.